The summed E-state index contributed by atoms with van der Waals surface area (Å²) in [6, 6.07) is 0. The van der Waals surface area contributed by atoms with Crippen LogP contribution in [0.5, 0.6) is 0 Å². The molecule has 0 atom stereocenters. The lowest BCUT2D eigenvalue weighted by molar-refractivity contribution is 0.865. The average molecular weight is 451 g/mol. The summed E-state index contributed by atoms with van der Waals surface area (Å²) in [5, 5.41) is 0. The van der Waals surface area contributed by atoms with E-state index in [0.717, 1.165) is 0 Å². The van der Waals surface area contributed by atoms with Crippen LogP contribution in [0, 0.1) is 0 Å². The van der Waals surface area contributed by atoms with Crippen molar-refractivity contribution in [3.8, 4) is 0 Å². The van der Waals surface area contributed by atoms with Gasteiger partial charge in [-0.2, -0.15) is 0 Å². The number of rotatable bonds is 6. The second-order valence-corrected chi connectivity index (χ2v) is 20.9. The van der Waals surface area contributed by atoms with Crippen molar-refractivity contribution in [3.63, 3.8) is 0 Å². The highest BCUT2D eigenvalue weighted by atomic mass is 32.2. The van der Waals surface area contributed by atoms with E-state index < -0.39 is 0 Å². The zero-order chi connectivity index (χ0) is 18.9. The summed E-state index contributed by atoms with van der Waals surface area (Å²) in [4.78, 5) is 10.9. The summed E-state index contributed by atoms with van der Waals surface area (Å²) < 4.78 is 0. The van der Waals surface area contributed by atoms with Crippen LogP contribution in [0.25, 0.3) is 0 Å². The third-order valence-electron chi connectivity index (χ3n) is 4.03. The van der Waals surface area contributed by atoms with Crippen molar-refractivity contribution in [2.45, 2.75) is 29.4 Å². The fourth-order valence-corrected chi connectivity index (χ4v) is 17.4. The van der Waals surface area contributed by atoms with E-state index in [4.69, 9.17) is 0 Å². The predicted molar refractivity (Wildman–Crippen MR) is 141 cm³/mol. The molecule has 0 N–H and O–H groups in total. The quantitative estimate of drug-likeness (QED) is 0.307. The molecule has 0 heterocycles. The Morgan fingerprint density at radius 1 is 0.250 bits per heavy atom. The van der Waals surface area contributed by atoms with Gasteiger partial charge >= 0.3 is 0 Å². The van der Waals surface area contributed by atoms with Crippen molar-refractivity contribution in [1.29, 1.82) is 0 Å². The standard InChI is InChI=1S/C18H42S6/c1-19(2)13-14(20(3)4)16(22(7)8)18(24(11)12)17(23(9)10)15(13)21(5)6/h19-24H,1-12H3. The highest BCUT2D eigenvalue weighted by molar-refractivity contribution is 8.22. The van der Waals surface area contributed by atoms with E-state index in [1.54, 1.807) is 0 Å². The molecule has 0 nitrogen and oxygen atoms in total. The number of hydrogen-bond acceptors (Lipinski definition) is 0. The van der Waals surface area contributed by atoms with Gasteiger partial charge < -0.3 is 0 Å². The molecule has 0 aliphatic heterocycles. The first-order valence-electron chi connectivity index (χ1n) is 8.21. The molecule has 0 spiro atoms. The smallest absolute Gasteiger partial charge is 0.0131 e. The lowest BCUT2D eigenvalue weighted by Gasteiger charge is -2.38. The molecule has 0 unspecified atom stereocenters. The van der Waals surface area contributed by atoms with Crippen molar-refractivity contribution < 1.29 is 0 Å². The molecule has 0 aromatic heterocycles. The van der Waals surface area contributed by atoms with Gasteiger partial charge in [-0.1, -0.05) is 0 Å². The number of thiol groups is 6. The third-order valence-corrected chi connectivity index (χ3v) is 13.1. The molecule has 0 radical (unpaired) electrons. The van der Waals surface area contributed by atoms with Crippen LogP contribution >= 0.6 is 65.4 Å². The maximum Gasteiger partial charge on any atom is 0.0131 e. The van der Waals surface area contributed by atoms with Crippen LogP contribution in [0.3, 0.4) is 0 Å². The number of benzene rings is 1. The highest BCUT2D eigenvalue weighted by Crippen LogP contribution is 2.63. The molecule has 0 saturated carbocycles. The molecular formula is C18H42S6. The van der Waals surface area contributed by atoms with Crippen LogP contribution in [0.4, 0.5) is 0 Å². The van der Waals surface area contributed by atoms with E-state index in [1.165, 1.54) is 0 Å². The topological polar surface area (TPSA) is 0 Å². The molecule has 0 aliphatic carbocycles. The summed E-state index contributed by atoms with van der Waals surface area (Å²) >= 11 is 0. The summed E-state index contributed by atoms with van der Waals surface area (Å²) in [7, 11) is -0.332. The van der Waals surface area contributed by atoms with E-state index in [0.29, 0.717) is 0 Å². The van der Waals surface area contributed by atoms with Gasteiger partial charge in [-0.15, -0.1) is 0 Å². The van der Waals surface area contributed by atoms with E-state index >= 15 is 0 Å². The van der Waals surface area contributed by atoms with Gasteiger partial charge in [0.15, 0.2) is 0 Å². The third kappa shape index (κ3) is 4.78. The van der Waals surface area contributed by atoms with Gasteiger partial charge in [0.25, 0.3) is 0 Å². The van der Waals surface area contributed by atoms with Crippen LogP contribution in [0.1, 0.15) is 0 Å². The van der Waals surface area contributed by atoms with Crippen LogP contribution in [0.15, 0.2) is 29.4 Å². The zero-order valence-electron chi connectivity index (χ0n) is 17.7. The molecule has 24 heavy (non-hydrogen) atoms. The average Bonchev–Trinajstić information content (AvgIpc) is 2.42. The largest absolute Gasteiger partial charge is 0.231 e. The molecule has 6 heteroatoms. The second-order valence-electron chi connectivity index (χ2n) is 7.46. The lowest BCUT2D eigenvalue weighted by Crippen LogP contribution is -2.06. The number of hydrogen-bond donors (Lipinski definition) is 6. The van der Waals surface area contributed by atoms with Gasteiger partial charge in [-0.05, 0) is 75.1 Å². The van der Waals surface area contributed by atoms with Crippen LogP contribution in [-0.2, 0) is 0 Å². The van der Waals surface area contributed by atoms with E-state index in [-0.39, 0.29) is 65.4 Å². The maximum absolute atomic E-state index is 2.49. The molecule has 1 aromatic carbocycles. The fourth-order valence-electron chi connectivity index (χ4n) is 3.21. The fraction of sp³-hybridized carbons (Fsp3) is 0.667. The van der Waals surface area contributed by atoms with Crippen LogP contribution in [0.2, 0.25) is 0 Å². The van der Waals surface area contributed by atoms with Gasteiger partial charge in [-0.25, -0.2) is 65.4 Å². The first-order valence-corrected chi connectivity index (χ1v) is 21.6. The first kappa shape index (κ1) is 23.4. The van der Waals surface area contributed by atoms with E-state index in [2.05, 4.69) is 75.1 Å². The van der Waals surface area contributed by atoms with E-state index in [9.17, 15) is 0 Å². The first-order chi connectivity index (χ1) is 10.9. The van der Waals surface area contributed by atoms with Crippen LogP contribution in [-0.4, -0.2) is 75.1 Å². The minimum absolute atomic E-state index is 0.0553. The van der Waals surface area contributed by atoms with Crippen molar-refractivity contribution in [1.82, 2.24) is 0 Å². The van der Waals surface area contributed by atoms with Gasteiger partial charge in [-0.3, -0.25) is 0 Å². The van der Waals surface area contributed by atoms with Gasteiger partial charge in [0.2, 0.25) is 0 Å². The molecule has 0 fully saturated rings. The van der Waals surface area contributed by atoms with Crippen LogP contribution < -0.4 is 0 Å². The molecule has 0 amide bonds. The summed E-state index contributed by atoms with van der Waals surface area (Å²) in [5.74, 6) is 0. The molecule has 0 saturated heterocycles. The molecule has 150 valence electrons. The lowest BCUT2D eigenvalue weighted by atomic mass is 10.3. The molecular weight excluding hydrogens is 409 g/mol. The molecule has 0 bridgehead atoms. The summed E-state index contributed by atoms with van der Waals surface area (Å²) in [5.41, 5.74) is 0. The van der Waals surface area contributed by atoms with Crippen molar-refractivity contribution in [2.24, 2.45) is 0 Å². The highest BCUT2D eigenvalue weighted by Gasteiger charge is 2.28. The molecule has 0 aliphatic rings. The Labute approximate surface area is 168 Å². The minimum atomic E-state index is -0.0553. The SMILES string of the molecule is C[SH](C)c1c([SH](C)C)c([SH](C)C)c([SH](C)C)c([SH](C)C)c1[SH](C)C. The Bertz CT molecular complexity index is 422. The minimum Gasteiger partial charge on any atom is -0.231 e. The van der Waals surface area contributed by atoms with Crippen molar-refractivity contribution >= 4 is 65.4 Å². The Balaban J connectivity index is 4.24. The van der Waals surface area contributed by atoms with Gasteiger partial charge in [0.1, 0.15) is 0 Å². The monoisotopic (exact) mass is 450 g/mol. The maximum atomic E-state index is 2.49. The summed E-state index contributed by atoms with van der Waals surface area (Å²) in [6.07, 6.45) is 29.9. The second kappa shape index (κ2) is 9.50. The van der Waals surface area contributed by atoms with Crippen molar-refractivity contribution in [3.05, 3.63) is 0 Å². The normalized spacial score (nSPS) is 15.0. The molecule has 1 rings (SSSR count). The van der Waals surface area contributed by atoms with Gasteiger partial charge in [0.05, 0.1) is 0 Å². The Kier molecular flexibility index (Phi) is 9.24. The Morgan fingerprint density at radius 3 is 0.375 bits per heavy atom. The molecule has 1 aromatic rings. The summed E-state index contributed by atoms with van der Waals surface area (Å²) in [6.45, 7) is 0. The zero-order valence-corrected chi connectivity index (χ0v) is 23.0. The van der Waals surface area contributed by atoms with Crippen molar-refractivity contribution in [2.75, 3.05) is 75.1 Å². The Morgan fingerprint density at radius 2 is 0.333 bits per heavy atom. The Hall–Kier alpha value is 1.32. The predicted octanol–water partition coefficient (Wildman–Crippen LogP) is 5.40. The van der Waals surface area contributed by atoms with Gasteiger partial charge in [0, 0.05) is 29.4 Å². The van der Waals surface area contributed by atoms with E-state index in [1.807, 2.05) is 29.4 Å².